The standard InChI is InChI=1S/C26H22N4O5S2/c1-3-29(4-2)37(34,35)18-13-14-21-22(15-18)36-26(27-21)28-23(31)16-9-11-17(12-10-16)30-24(32)19-7-5-6-8-20(19)25(30)33/h5-15H,3-4H2,1-2H3,(H,27,28,31). The molecule has 2 heterocycles. The maximum atomic E-state index is 12.8. The van der Waals surface area contributed by atoms with Crippen LogP contribution < -0.4 is 10.2 Å². The smallest absolute Gasteiger partial charge is 0.266 e. The van der Waals surface area contributed by atoms with E-state index in [1.807, 2.05) is 0 Å². The topological polar surface area (TPSA) is 117 Å². The molecule has 188 valence electrons. The third-order valence-electron chi connectivity index (χ3n) is 6.11. The number of sulfonamides is 1. The number of thiazole rings is 1. The zero-order valence-electron chi connectivity index (χ0n) is 20.0. The average molecular weight is 535 g/mol. The number of aromatic nitrogens is 1. The van der Waals surface area contributed by atoms with Crippen LogP contribution in [0, 0.1) is 0 Å². The van der Waals surface area contributed by atoms with Crippen molar-refractivity contribution in [2.75, 3.05) is 23.3 Å². The second kappa shape index (κ2) is 9.51. The minimum absolute atomic E-state index is 0.175. The highest BCUT2D eigenvalue weighted by Gasteiger charge is 2.36. The summed E-state index contributed by atoms with van der Waals surface area (Å²) in [4.78, 5) is 43.9. The molecular weight excluding hydrogens is 512 g/mol. The monoisotopic (exact) mass is 534 g/mol. The van der Waals surface area contributed by atoms with E-state index in [0.717, 1.165) is 4.90 Å². The Morgan fingerprint density at radius 1 is 0.946 bits per heavy atom. The van der Waals surface area contributed by atoms with Gasteiger partial charge in [-0.25, -0.2) is 18.3 Å². The van der Waals surface area contributed by atoms with Crippen LogP contribution >= 0.6 is 11.3 Å². The van der Waals surface area contributed by atoms with E-state index in [0.29, 0.717) is 50.8 Å². The van der Waals surface area contributed by atoms with Gasteiger partial charge in [-0.2, -0.15) is 4.31 Å². The van der Waals surface area contributed by atoms with Crippen molar-refractivity contribution in [1.29, 1.82) is 0 Å². The van der Waals surface area contributed by atoms with E-state index in [4.69, 9.17) is 0 Å². The Morgan fingerprint density at radius 3 is 2.16 bits per heavy atom. The third kappa shape index (κ3) is 4.31. The molecule has 0 saturated carbocycles. The Labute approximate surface area is 217 Å². The first-order chi connectivity index (χ1) is 17.7. The summed E-state index contributed by atoms with van der Waals surface area (Å²) in [7, 11) is -3.61. The SMILES string of the molecule is CCN(CC)S(=O)(=O)c1ccc2nc(NC(=O)c3ccc(N4C(=O)c5ccccc5C4=O)cc3)sc2c1. The zero-order chi connectivity index (χ0) is 26.3. The van der Waals surface area contributed by atoms with E-state index >= 15 is 0 Å². The summed E-state index contributed by atoms with van der Waals surface area (Å²) < 4.78 is 27.7. The largest absolute Gasteiger partial charge is 0.298 e. The summed E-state index contributed by atoms with van der Waals surface area (Å²) in [5.74, 6) is -1.24. The molecule has 0 spiro atoms. The van der Waals surface area contributed by atoms with Crippen molar-refractivity contribution in [3.05, 3.63) is 83.4 Å². The minimum atomic E-state index is -3.61. The average Bonchev–Trinajstić information content (AvgIpc) is 3.41. The lowest BCUT2D eigenvalue weighted by atomic mass is 10.1. The minimum Gasteiger partial charge on any atom is -0.298 e. The van der Waals surface area contributed by atoms with Crippen molar-refractivity contribution in [2.24, 2.45) is 0 Å². The highest BCUT2D eigenvalue weighted by molar-refractivity contribution is 7.89. The lowest BCUT2D eigenvalue weighted by Crippen LogP contribution is -2.30. The van der Waals surface area contributed by atoms with Crippen LogP contribution in [-0.2, 0) is 10.0 Å². The van der Waals surface area contributed by atoms with E-state index in [1.54, 1.807) is 62.4 Å². The summed E-state index contributed by atoms with van der Waals surface area (Å²) in [6.45, 7) is 4.30. The van der Waals surface area contributed by atoms with Gasteiger partial charge in [-0.05, 0) is 54.6 Å². The molecule has 5 rings (SSSR count). The highest BCUT2D eigenvalue weighted by atomic mass is 32.2. The first-order valence-corrected chi connectivity index (χ1v) is 13.8. The molecule has 3 amide bonds. The molecule has 0 fully saturated rings. The van der Waals surface area contributed by atoms with Crippen LogP contribution in [0.2, 0.25) is 0 Å². The van der Waals surface area contributed by atoms with Crippen molar-refractivity contribution < 1.29 is 22.8 Å². The lowest BCUT2D eigenvalue weighted by Gasteiger charge is -2.18. The fraction of sp³-hybridized carbons (Fsp3) is 0.154. The first kappa shape index (κ1) is 24.8. The van der Waals surface area contributed by atoms with E-state index in [1.165, 1.54) is 33.8 Å². The van der Waals surface area contributed by atoms with Crippen molar-refractivity contribution in [3.8, 4) is 0 Å². The summed E-state index contributed by atoms with van der Waals surface area (Å²) >= 11 is 1.17. The molecule has 4 aromatic rings. The van der Waals surface area contributed by atoms with Gasteiger partial charge in [0.15, 0.2) is 5.13 Å². The van der Waals surface area contributed by atoms with Crippen LogP contribution in [0.3, 0.4) is 0 Å². The number of benzene rings is 3. The zero-order valence-corrected chi connectivity index (χ0v) is 21.6. The molecule has 1 aliphatic heterocycles. The first-order valence-electron chi connectivity index (χ1n) is 11.5. The Hall–Kier alpha value is -3.93. The fourth-order valence-electron chi connectivity index (χ4n) is 4.19. The summed E-state index contributed by atoms with van der Waals surface area (Å²) in [5.41, 5.74) is 1.94. The Morgan fingerprint density at radius 2 is 1.57 bits per heavy atom. The van der Waals surface area contributed by atoms with Crippen LogP contribution in [0.1, 0.15) is 44.9 Å². The Bertz CT molecular complexity index is 1620. The normalized spacial score (nSPS) is 13.4. The molecular formula is C26H22N4O5S2. The molecule has 3 aromatic carbocycles. The molecule has 9 nitrogen and oxygen atoms in total. The molecule has 1 aromatic heterocycles. The van der Waals surface area contributed by atoms with Gasteiger partial charge in [0.05, 0.1) is 31.9 Å². The number of nitrogens with zero attached hydrogens (tertiary/aromatic N) is 3. The van der Waals surface area contributed by atoms with Crippen LogP contribution in [0.25, 0.3) is 10.2 Å². The van der Waals surface area contributed by atoms with Gasteiger partial charge < -0.3 is 0 Å². The fourth-order valence-corrected chi connectivity index (χ4v) is 6.65. The van der Waals surface area contributed by atoms with E-state index < -0.39 is 27.7 Å². The predicted octanol–water partition coefficient (Wildman–Crippen LogP) is 4.38. The Kier molecular flexibility index (Phi) is 6.36. The molecule has 0 atom stereocenters. The maximum Gasteiger partial charge on any atom is 0.266 e. The van der Waals surface area contributed by atoms with E-state index in [9.17, 15) is 22.8 Å². The summed E-state index contributed by atoms with van der Waals surface area (Å²) in [6, 6.07) is 17.4. The number of hydrogen-bond donors (Lipinski definition) is 1. The number of imide groups is 1. The number of nitrogens with one attached hydrogen (secondary N) is 1. The number of amides is 3. The van der Waals surface area contributed by atoms with Gasteiger partial charge in [-0.15, -0.1) is 0 Å². The second-order valence-corrected chi connectivity index (χ2v) is 11.2. The molecule has 0 aliphatic carbocycles. The third-order valence-corrected chi connectivity index (χ3v) is 9.08. The number of carbonyl (C=O) groups is 3. The summed E-state index contributed by atoms with van der Waals surface area (Å²) in [5, 5.41) is 3.05. The number of carbonyl (C=O) groups excluding carboxylic acids is 3. The van der Waals surface area contributed by atoms with Gasteiger partial charge >= 0.3 is 0 Å². The summed E-state index contributed by atoms with van der Waals surface area (Å²) in [6.07, 6.45) is 0. The molecule has 0 unspecified atom stereocenters. The molecule has 1 aliphatic rings. The molecule has 1 N–H and O–H groups in total. The van der Waals surface area contributed by atoms with E-state index in [-0.39, 0.29) is 4.90 Å². The predicted molar refractivity (Wildman–Crippen MR) is 142 cm³/mol. The van der Waals surface area contributed by atoms with Gasteiger partial charge in [0.2, 0.25) is 10.0 Å². The molecule has 0 bridgehead atoms. The quantitative estimate of drug-likeness (QED) is 0.352. The van der Waals surface area contributed by atoms with Crippen LogP contribution in [-0.4, -0.2) is 48.5 Å². The van der Waals surface area contributed by atoms with Crippen molar-refractivity contribution in [3.63, 3.8) is 0 Å². The van der Waals surface area contributed by atoms with Gasteiger partial charge in [0.1, 0.15) is 0 Å². The van der Waals surface area contributed by atoms with Gasteiger partial charge in [0.25, 0.3) is 17.7 Å². The number of anilines is 2. The molecule has 0 saturated heterocycles. The van der Waals surface area contributed by atoms with Gasteiger partial charge in [-0.3, -0.25) is 19.7 Å². The van der Waals surface area contributed by atoms with Gasteiger partial charge in [-0.1, -0.05) is 37.3 Å². The second-order valence-electron chi connectivity index (χ2n) is 8.23. The van der Waals surface area contributed by atoms with Crippen molar-refractivity contribution in [1.82, 2.24) is 9.29 Å². The number of hydrogen-bond acceptors (Lipinski definition) is 7. The maximum absolute atomic E-state index is 12.8. The number of fused-ring (bicyclic) bond motifs is 2. The van der Waals surface area contributed by atoms with Crippen molar-refractivity contribution in [2.45, 2.75) is 18.7 Å². The van der Waals surface area contributed by atoms with Gasteiger partial charge in [0, 0.05) is 18.7 Å². The number of rotatable bonds is 7. The van der Waals surface area contributed by atoms with Crippen LogP contribution in [0.5, 0.6) is 0 Å². The van der Waals surface area contributed by atoms with E-state index in [2.05, 4.69) is 10.3 Å². The van der Waals surface area contributed by atoms with Crippen LogP contribution in [0.15, 0.2) is 71.6 Å². The van der Waals surface area contributed by atoms with Crippen molar-refractivity contribution >= 4 is 60.1 Å². The Balaban J connectivity index is 1.34. The highest BCUT2D eigenvalue weighted by Crippen LogP contribution is 2.31. The van der Waals surface area contributed by atoms with Crippen LogP contribution in [0.4, 0.5) is 10.8 Å². The molecule has 37 heavy (non-hydrogen) atoms. The lowest BCUT2D eigenvalue weighted by molar-refractivity contribution is 0.0925. The molecule has 11 heteroatoms. The molecule has 0 radical (unpaired) electrons.